The lowest BCUT2D eigenvalue weighted by Crippen LogP contribution is -2.37. The first-order valence-corrected chi connectivity index (χ1v) is 24.1. The average Bonchev–Trinajstić information content (AvgIpc) is 3.33. The third kappa shape index (κ3) is 19.8. The summed E-state index contributed by atoms with van der Waals surface area (Å²) in [6, 6.07) is 38.0. The summed E-state index contributed by atoms with van der Waals surface area (Å²) in [7, 11) is 0. The first-order chi connectivity index (χ1) is 33.6. The van der Waals surface area contributed by atoms with Crippen LogP contribution in [0.1, 0.15) is 89.1 Å². The van der Waals surface area contributed by atoms with E-state index in [2.05, 4.69) is 32.6 Å². The predicted molar refractivity (Wildman–Crippen MR) is 272 cm³/mol. The zero-order chi connectivity index (χ0) is 51.0. The van der Waals surface area contributed by atoms with Crippen LogP contribution >= 0.6 is 27.5 Å². The average molecular weight is 1040 g/mol. The van der Waals surface area contributed by atoms with E-state index in [1.54, 1.807) is 78.9 Å². The third-order valence-corrected chi connectivity index (χ3v) is 11.1. The van der Waals surface area contributed by atoms with Gasteiger partial charge >= 0.3 is 0 Å². The van der Waals surface area contributed by atoms with E-state index in [-0.39, 0.29) is 66.7 Å². The Morgan fingerprint density at radius 2 is 1.09 bits per heavy atom. The number of nitriles is 1. The fraction of sp³-hybridized carbons (Fsp3) is 0.291. The lowest BCUT2D eigenvalue weighted by Gasteiger charge is -2.19. The van der Waals surface area contributed by atoms with Crippen LogP contribution in [0.15, 0.2) is 133 Å². The molecule has 0 spiro atoms. The minimum atomic E-state index is -0.320. The summed E-state index contributed by atoms with van der Waals surface area (Å²) < 4.78 is 42.2. The van der Waals surface area contributed by atoms with Gasteiger partial charge in [0.15, 0.2) is 0 Å². The number of carbonyl (C=O) groups is 2. The van der Waals surface area contributed by atoms with Crippen LogP contribution in [0.3, 0.4) is 0 Å². The number of aromatic hydroxyl groups is 1. The third-order valence-electron chi connectivity index (χ3n) is 10.1. The number of ether oxygens (including phenoxy) is 3. The molecular formula is C55H59BrClF2N3O8. The molecule has 11 nitrogen and oxygen atoms in total. The van der Waals surface area contributed by atoms with Gasteiger partial charge < -0.3 is 40.2 Å². The Morgan fingerprint density at radius 1 is 0.643 bits per heavy atom. The smallest absolute Gasteiger partial charge is 0.251 e. The van der Waals surface area contributed by atoms with Crippen molar-refractivity contribution in [1.82, 2.24) is 10.6 Å². The van der Waals surface area contributed by atoms with Gasteiger partial charge in [-0.05, 0) is 161 Å². The molecule has 0 aliphatic heterocycles. The number of hydrogen-bond donors (Lipinski definition) is 5. The summed E-state index contributed by atoms with van der Waals surface area (Å²) >= 11 is 9.52. The molecule has 2 amide bonds. The summed E-state index contributed by atoms with van der Waals surface area (Å²) in [5, 5.41) is 44.5. The number of amides is 2. The fourth-order valence-electron chi connectivity index (χ4n) is 6.65. The largest absolute Gasteiger partial charge is 0.508 e. The van der Waals surface area contributed by atoms with Gasteiger partial charge in [-0.1, -0.05) is 76.1 Å². The Morgan fingerprint density at radius 3 is 1.54 bits per heavy atom. The van der Waals surface area contributed by atoms with Crippen molar-refractivity contribution < 1.29 is 47.9 Å². The minimum absolute atomic E-state index is 0.0224. The quantitative estimate of drug-likeness (QED) is 0.0467. The molecule has 0 heterocycles. The van der Waals surface area contributed by atoms with Gasteiger partial charge in [-0.25, -0.2) is 8.78 Å². The standard InChI is InChI=1S/C27H29ClFNO4.C21H24N2O4.C7H6BrF/c1-18(2)34-26-12-7-21(16-25(26)28)27(32)30-23(13-14-31)15-19-5-10-24(11-6-19)33-17-20-3-8-22(29)9-4-20;1-14(2)27-20-8-5-16(12-17(20)13-22)21(26)23-18(9-10-24)11-15-3-6-19(25)7-4-15;8-5-6-1-3-7(9)4-2-6/h3-12,16,18,23,31H,13-15,17H2,1-2H3,(H,30,32);3-8,12,14,18,24-25H,9-11H2,1-2H3,(H,23,26);1-4H,5H2/t23-;18-;/m11./s1. The Labute approximate surface area is 422 Å². The van der Waals surface area contributed by atoms with Gasteiger partial charge in [0.25, 0.3) is 11.8 Å². The first-order valence-electron chi connectivity index (χ1n) is 22.6. The van der Waals surface area contributed by atoms with E-state index in [4.69, 9.17) is 25.8 Å². The van der Waals surface area contributed by atoms with E-state index in [9.17, 15) is 39.0 Å². The summed E-state index contributed by atoms with van der Waals surface area (Å²) in [5.41, 5.74) is 4.98. The van der Waals surface area contributed by atoms with Crippen molar-refractivity contribution in [2.45, 2.75) is 89.6 Å². The van der Waals surface area contributed by atoms with Gasteiger partial charge in [0.2, 0.25) is 0 Å². The van der Waals surface area contributed by atoms with Gasteiger partial charge in [0.1, 0.15) is 47.3 Å². The van der Waals surface area contributed by atoms with Crippen LogP contribution in [0.2, 0.25) is 5.02 Å². The van der Waals surface area contributed by atoms with Crippen LogP contribution in [0, 0.1) is 23.0 Å². The van der Waals surface area contributed by atoms with Crippen molar-refractivity contribution in [3.63, 3.8) is 0 Å². The number of hydrogen-bond acceptors (Lipinski definition) is 9. The maximum Gasteiger partial charge on any atom is 0.251 e. The number of aliphatic hydroxyl groups excluding tert-OH is 2. The van der Waals surface area contributed by atoms with Gasteiger partial charge in [-0.3, -0.25) is 9.59 Å². The topological polar surface area (TPSA) is 170 Å². The van der Waals surface area contributed by atoms with E-state index < -0.39 is 0 Å². The molecule has 6 aromatic carbocycles. The van der Waals surface area contributed by atoms with E-state index in [0.29, 0.717) is 71.3 Å². The number of nitrogens with one attached hydrogen (secondary N) is 2. The van der Waals surface area contributed by atoms with Crippen LogP contribution in [-0.4, -0.2) is 64.6 Å². The van der Waals surface area contributed by atoms with Crippen LogP contribution in [0.25, 0.3) is 0 Å². The normalized spacial score (nSPS) is 11.5. The molecule has 0 aliphatic rings. The molecule has 0 fully saturated rings. The van der Waals surface area contributed by atoms with Gasteiger partial charge in [-0.2, -0.15) is 5.26 Å². The van der Waals surface area contributed by atoms with Gasteiger partial charge in [-0.15, -0.1) is 0 Å². The van der Waals surface area contributed by atoms with Crippen molar-refractivity contribution >= 4 is 39.3 Å². The SMILES string of the molecule is CC(C)Oc1ccc(C(=O)N[C@H](CCO)Cc2ccc(O)cc2)cc1C#N.CC(C)Oc1ccc(C(=O)N[C@H](CCO)Cc2ccc(OCc3ccc(F)cc3)cc2)cc1Cl.Fc1ccc(CBr)cc1. The Bertz CT molecular complexity index is 2580. The molecule has 0 saturated carbocycles. The monoisotopic (exact) mass is 1040 g/mol. The second-order valence-electron chi connectivity index (χ2n) is 16.6. The number of phenolic OH excluding ortho intramolecular Hbond substituents is 1. The molecule has 70 heavy (non-hydrogen) atoms. The van der Waals surface area contributed by atoms with Crippen LogP contribution in [0.4, 0.5) is 8.78 Å². The molecule has 0 aromatic heterocycles. The highest BCUT2D eigenvalue weighted by molar-refractivity contribution is 9.08. The molecule has 15 heteroatoms. The van der Waals surface area contributed by atoms with E-state index >= 15 is 0 Å². The van der Waals surface area contributed by atoms with Crippen molar-refractivity contribution in [3.05, 3.63) is 189 Å². The van der Waals surface area contributed by atoms with E-state index in [1.165, 1.54) is 30.3 Å². The number of rotatable bonds is 20. The number of phenols is 1. The zero-order valence-electron chi connectivity index (χ0n) is 39.5. The fourth-order valence-corrected chi connectivity index (χ4v) is 7.25. The molecule has 6 rings (SSSR count). The van der Waals surface area contributed by atoms with Crippen LogP contribution < -0.4 is 24.8 Å². The Hall–Kier alpha value is -6.50. The number of benzene rings is 6. The number of carbonyl (C=O) groups excluding carboxylic acids is 2. The maximum absolute atomic E-state index is 13.0. The molecule has 2 atom stereocenters. The minimum Gasteiger partial charge on any atom is -0.508 e. The summed E-state index contributed by atoms with van der Waals surface area (Å²) in [6.45, 7) is 7.77. The molecule has 370 valence electrons. The number of nitrogens with zero attached hydrogens (tertiary/aromatic N) is 1. The molecule has 0 unspecified atom stereocenters. The predicted octanol–water partition coefficient (Wildman–Crippen LogP) is 11.1. The van der Waals surface area contributed by atoms with Crippen LogP contribution in [0.5, 0.6) is 23.0 Å². The number of alkyl halides is 1. The molecule has 6 aromatic rings. The molecule has 0 saturated heterocycles. The van der Waals surface area contributed by atoms with Crippen molar-refractivity contribution in [2.75, 3.05) is 13.2 Å². The van der Waals surface area contributed by atoms with Crippen LogP contribution in [-0.2, 0) is 24.8 Å². The first kappa shape index (κ1) is 56.1. The second kappa shape index (κ2) is 29.5. The second-order valence-corrected chi connectivity index (χ2v) is 17.5. The van der Waals surface area contributed by atoms with Crippen molar-refractivity contribution in [1.29, 1.82) is 5.26 Å². The summed E-state index contributed by atoms with van der Waals surface area (Å²) in [4.78, 5) is 25.4. The molecule has 0 aliphatic carbocycles. The summed E-state index contributed by atoms with van der Waals surface area (Å²) in [6.07, 6.45) is 1.78. The number of aliphatic hydroxyl groups is 2. The van der Waals surface area contributed by atoms with E-state index in [1.807, 2.05) is 52.0 Å². The van der Waals surface area contributed by atoms with E-state index in [0.717, 1.165) is 27.6 Å². The zero-order valence-corrected chi connectivity index (χ0v) is 41.9. The Kier molecular flexibility index (Phi) is 23.6. The molecular weight excluding hydrogens is 984 g/mol. The van der Waals surface area contributed by atoms with Crippen molar-refractivity contribution in [2.24, 2.45) is 0 Å². The molecule has 5 N–H and O–H groups in total. The lowest BCUT2D eigenvalue weighted by atomic mass is 10.0. The lowest BCUT2D eigenvalue weighted by molar-refractivity contribution is 0.0921. The summed E-state index contributed by atoms with van der Waals surface area (Å²) in [5.74, 6) is 0.790. The molecule has 0 radical (unpaired) electrons. The highest BCUT2D eigenvalue weighted by Gasteiger charge is 2.18. The van der Waals surface area contributed by atoms with Crippen molar-refractivity contribution in [3.8, 4) is 29.1 Å². The van der Waals surface area contributed by atoms with Gasteiger partial charge in [0, 0.05) is 41.8 Å². The Balaban J connectivity index is 0.000000263. The highest BCUT2D eigenvalue weighted by atomic mass is 79.9. The highest BCUT2D eigenvalue weighted by Crippen LogP contribution is 2.27. The molecule has 0 bridgehead atoms. The number of halogens is 4. The maximum atomic E-state index is 13.0. The van der Waals surface area contributed by atoms with Gasteiger partial charge in [0.05, 0.1) is 22.8 Å².